The van der Waals surface area contributed by atoms with Gasteiger partial charge in [0, 0.05) is 24.9 Å². The van der Waals surface area contributed by atoms with Crippen LogP contribution < -0.4 is 74.6 Å². The van der Waals surface area contributed by atoms with Crippen LogP contribution in [0.2, 0.25) is 0 Å². The van der Waals surface area contributed by atoms with Crippen LogP contribution in [0.15, 0.2) is 12.2 Å². The fraction of sp³-hybridized carbons (Fsp3) is 0.800. The van der Waals surface area contributed by atoms with Gasteiger partial charge in [0.1, 0.15) is 5.25 Å². The van der Waals surface area contributed by atoms with Gasteiger partial charge in [-0.2, -0.15) is 8.42 Å². The Kier molecular flexibility index (Phi) is 34.6. The van der Waals surface area contributed by atoms with Crippen molar-refractivity contribution in [3.8, 4) is 0 Å². The van der Waals surface area contributed by atoms with Crippen LogP contribution in [-0.2, 0) is 24.5 Å². The van der Waals surface area contributed by atoms with Crippen molar-refractivity contribution < 1.29 is 96.7 Å². The molecule has 0 fully saturated rings. The number of carboxylic acid groups (broad SMARTS) is 2. The van der Waals surface area contributed by atoms with Crippen molar-refractivity contribution in [2.45, 2.75) is 128 Å². The number of rotatable bonds is 20. The minimum atomic E-state index is -4.94. The molecule has 1 amide bonds. The number of carboxylic acids is 2. The predicted molar refractivity (Wildman–Crippen MR) is 133 cm³/mol. The molecule has 0 saturated heterocycles. The van der Waals surface area contributed by atoms with Crippen LogP contribution in [0, 0.1) is 0 Å². The number of amides is 1. The van der Waals surface area contributed by atoms with Crippen LogP contribution in [-0.4, -0.2) is 42.1 Å². The Bertz CT molecular complexity index is 715. The first kappa shape index (κ1) is 44.1. The van der Waals surface area contributed by atoms with E-state index < -0.39 is 33.7 Å². The SMILES string of the molecule is CCCCCCCC/C=C\CCCCCCCC(=O)NC(C)C.O=C([O-])CC(C(=O)[O-])S(=O)(=O)O.[Na+].[Na+]. The number of hydrogen-bond donors (Lipinski definition) is 2. The van der Waals surface area contributed by atoms with Gasteiger partial charge in [-0.25, -0.2) is 0 Å². The molecule has 0 spiro atoms. The number of carbonyl (C=O) groups is 3. The number of unbranched alkanes of at least 4 members (excludes halogenated alkanes) is 11. The zero-order valence-electron chi connectivity index (χ0n) is 23.6. The Balaban J connectivity index is -0.000000332. The molecule has 0 aromatic rings. The number of allylic oxidation sites excluding steroid dienone is 2. The van der Waals surface area contributed by atoms with E-state index >= 15 is 0 Å². The van der Waals surface area contributed by atoms with E-state index in [2.05, 4.69) is 24.4 Å². The molecule has 2 N–H and O–H groups in total. The quantitative estimate of drug-likeness (QED) is 0.0671. The summed E-state index contributed by atoms with van der Waals surface area (Å²) in [5, 5.41) is 20.2. The third kappa shape index (κ3) is 34.0. The van der Waals surface area contributed by atoms with E-state index in [-0.39, 0.29) is 71.1 Å². The van der Waals surface area contributed by atoms with Gasteiger partial charge in [0.15, 0.2) is 0 Å². The van der Waals surface area contributed by atoms with Gasteiger partial charge in [-0.1, -0.05) is 70.4 Å². The molecule has 1 unspecified atom stereocenters. The number of aliphatic carboxylic acids is 2. The van der Waals surface area contributed by atoms with Gasteiger partial charge in [-0.3, -0.25) is 9.35 Å². The molecule has 0 aromatic heterocycles. The Morgan fingerprint density at radius 2 is 1.24 bits per heavy atom. The van der Waals surface area contributed by atoms with Crippen LogP contribution in [0.25, 0.3) is 0 Å². The van der Waals surface area contributed by atoms with Crippen molar-refractivity contribution in [1.82, 2.24) is 5.32 Å². The van der Waals surface area contributed by atoms with Gasteiger partial charge in [-0.05, 0) is 46.0 Å². The van der Waals surface area contributed by atoms with Crippen LogP contribution in [0.3, 0.4) is 0 Å². The summed E-state index contributed by atoms with van der Waals surface area (Å²) in [5.41, 5.74) is 0. The Labute approximate surface area is 268 Å². The van der Waals surface area contributed by atoms with Gasteiger partial charge in [-0.15, -0.1) is 0 Å². The van der Waals surface area contributed by atoms with E-state index in [4.69, 9.17) is 4.55 Å². The minimum Gasteiger partial charge on any atom is -0.550 e. The Morgan fingerprint density at radius 3 is 1.59 bits per heavy atom. The van der Waals surface area contributed by atoms with E-state index in [1.54, 1.807) is 0 Å². The molecule has 9 nitrogen and oxygen atoms in total. The topological polar surface area (TPSA) is 164 Å². The average molecular weight is 566 g/mol. The second-order valence-electron chi connectivity index (χ2n) is 8.96. The summed E-state index contributed by atoms with van der Waals surface area (Å²) in [7, 11) is -4.94. The summed E-state index contributed by atoms with van der Waals surface area (Å²) >= 11 is 0. The van der Waals surface area contributed by atoms with Gasteiger partial charge in [0.25, 0.3) is 10.1 Å². The molecule has 0 bridgehead atoms. The van der Waals surface area contributed by atoms with Crippen molar-refractivity contribution in [3.63, 3.8) is 0 Å². The van der Waals surface area contributed by atoms with Crippen molar-refractivity contribution in [2.75, 3.05) is 0 Å². The molecular formula is C25H45NNa2O8S. The molecule has 0 heterocycles. The van der Waals surface area contributed by atoms with Crippen molar-refractivity contribution >= 4 is 28.0 Å². The molecule has 0 aromatic carbocycles. The minimum absolute atomic E-state index is 0. The van der Waals surface area contributed by atoms with Crippen molar-refractivity contribution in [2.24, 2.45) is 0 Å². The van der Waals surface area contributed by atoms with Gasteiger partial charge >= 0.3 is 59.1 Å². The molecule has 0 radical (unpaired) electrons. The van der Waals surface area contributed by atoms with Gasteiger partial charge in [0.2, 0.25) is 5.91 Å². The summed E-state index contributed by atoms with van der Waals surface area (Å²) < 4.78 is 28.5. The molecule has 206 valence electrons. The van der Waals surface area contributed by atoms with E-state index in [1.165, 1.54) is 77.0 Å². The van der Waals surface area contributed by atoms with Crippen LogP contribution in [0.1, 0.15) is 117 Å². The molecule has 0 saturated carbocycles. The third-order valence-electron chi connectivity index (χ3n) is 5.09. The first-order chi connectivity index (χ1) is 16.4. The third-order valence-corrected chi connectivity index (χ3v) is 6.17. The molecule has 37 heavy (non-hydrogen) atoms. The first-order valence-electron chi connectivity index (χ1n) is 12.7. The summed E-state index contributed by atoms with van der Waals surface area (Å²) in [5.74, 6) is -3.87. The van der Waals surface area contributed by atoms with Crippen LogP contribution in [0.4, 0.5) is 0 Å². The van der Waals surface area contributed by atoms with Crippen LogP contribution >= 0.6 is 0 Å². The molecule has 0 rings (SSSR count). The maximum absolute atomic E-state index is 11.5. The van der Waals surface area contributed by atoms with Crippen LogP contribution in [0.5, 0.6) is 0 Å². The number of carbonyl (C=O) groups excluding carboxylic acids is 3. The van der Waals surface area contributed by atoms with E-state index in [0.717, 1.165) is 6.42 Å². The molecule has 0 aliphatic carbocycles. The van der Waals surface area contributed by atoms with E-state index in [9.17, 15) is 33.0 Å². The maximum Gasteiger partial charge on any atom is 1.00 e. The molecule has 12 heteroatoms. The fourth-order valence-corrected chi connectivity index (χ4v) is 3.80. The summed E-state index contributed by atoms with van der Waals surface area (Å²) in [4.78, 5) is 31.2. The Hall–Kier alpha value is 0.0600. The smallest absolute Gasteiger partial charge is 0.550 e. The predicted octanol–water partition coefficient (Wildman–Crippen LogP) is -3.31. The van der Waals surface area contributed by atoms with E-state index in [1.807, 2.05) is 13.8 Å². The van der Waals surface area contributed by atoms with Gasteiger partial charge in [0.05, 0.1) is 5.97 Å². The number of hydrogen-bond acceptors (Lipinski definition) is 7. The average Bonchev–Trinajstić information content (AvgIpc) is 2.73. The summed E-state index contributed by atoms with van der Waals surface area (Å²) in [6, 6.07) is 0.269. The zero-order valence-corrected chi connectivity index (χ0v) is 28.4. The normalized spacial score (nSPS) is 11.6. The number of nitrogens with one attached hydrogen (secondary N) is 1. The fourth-order valence-electron chi connectivity index (χ4n) is 3.21. The maximum atomic E-state index is 11.5. The second kappa shape index (κ2) is 29.1. The van der Waals surface area contributed by atoms with Gasteiger partial charge < -0.3 is 25.1 Å². The molecule has 1 atom stereocenters. The van der Waals surface area contributed by atoms with E-state index in [0.29, 0.717) is 6.42 Å². The summed E-state index contributed by atoms with van der Waals surface area (Å²) in [6.45, 7) is 6.29. The monoisotopic (exact) mass is 565 g/mol. The Morgan fingerprint density at radius 1 is 0.811 bits per heavy atom. The first-order valence-corrected chi connectivity index (χ1v) is 14.2. The second-order valence-corrected chi connectivity index (χ2v) is 10.6. The summed E-state index contributed by atoms with van der Waals surface area (Å²) in [6.07, 6.45) is 21.0. The largest absolute Gasteiger partial charge is 1.00 e. The zero-order chi connectivity index (χ0) is 27.1. The molecule has 0 aliphatic rings. The standard InChI is InChI=1S/C21H41NO.C4H6O7S.2Na/c1-4-5-6-7-8-9-10-11-12-13-14-15-16-17-18-19-21(23)22-20(2)3;5-3(6)1-2(4(7)8)12(9,10)11;;/h11-12,20H,4-10,13-19H2,1-3H3,(H,22,23);2H,1H2,(H,5,6)(H,7,8)(H,9,10,11);;/q;;2*+1/p-2/b12-11-;;;. The van der Waals surface area contributed by atoms with Crippen molar-refractivity contribution in [3.05, 3.63) is 12.2 Å². The van der Waals surface area contributed by atoms with Crippen molar-refractivity contribution in [1.29, 1.82) is 0 Å². The molecular weight excluding hydrogens is 520 g/mol. The molecule has 0 aliphatic heterocycles.